The first-order chi connectivity index (χ1) is 14.8. The average Bonchev–Trinajstić information content (AvgIpc) is 2.80. The molecule has 2 fully saturated rings. The maximum Gasteiger partial charge on any atom is 0.204 e. The molecule has 0 unspecified atom stereocenters. The smallest absolute Gasteiger partial charge is 0.204 e. The molecule has 2 nitrogen and oxygen atoms in total. The Kier molecular flexibility index (Phi) is 9.76. The fourth-order valence-electron chi connectivity index (χ4n) is 4.99. The molecule has 2 saturated carbocycles. The van der Waals surface area contributed by atoms with Gasteiger partial charge in [0.05, 0.1) is 5.56 Å². The monoisotopic (exact) mass is 404 g/mol. The van der Waals surface area contributed by atoms with Crippen LogP contribution in [0.5, 0.6) is 0 Å². The van der Waals surface area contributed by atoms with E-state index >= 15 is 0 Å². The van der Waals surface area contributed by atoms with Crippen molar-refractivity contribution >= 4 is 0 Å². The third kappa shape index (κ3) is 7.80. The van der Waals surface area contributed by atoms with Gasteiger partial charge in [0.25, 0.3) is 0 Å². The van der Waals surface area contributed by atoms with E-state index in [4.69, 9.17) is 0 Å². The molecule has 0 bridgehead atoms. The van der Waals surface area contributed by atoms with E-state index in [0.717, 1.165) is 17.4 Å². The van der Waals surface area contributed by atoms with Gasteiger partial charge in [-0.05, 0) is 69.1 Å². The molecular formula is C28H40N2. The third-order valence-electron chi connectivity index (χ3n) is 7.09. The zero-order valence-electron chi connectivity index (χ0n) is 19.3. The molecule has 0 amide bonds. The van der Waals surface area contributed by atoms with E-state index in [1.807, 2.05) is 12.4 Å². The predicted molar refractivity (Wildman–Crippen MR) is 126 cm³/mol. The molecule has 1 heterocycles. The van der Waals surface area contributed by atoms with Crippen LogP contribution in [0.1, 0.15) is 115 Å². The second-order valence-electron chi connectivity index (χ2n) is 9.55. The summed E-state index contributed by atoms with van der Waals surface area (Å²) in [5.74, 6) is 17.0. The van der Waals surface area contributed by atoms with Gasteiger partial charge in [0, 0.05) is 24.2 Å². The Morgan fingerprint density at radius 1 is 0.700 bits per heavy atom. The van der Waals surface area contributed by atoms with Crippen LogP contribution in [0.2, 0.25) is 0 Å². The maximum atomic E-state index is 4.44. The van der Waals surface area contributed by atoms with E-state index in [1.54, 1.807) is 0 Å². The SMILES string of the molecule is CCCCC1CCC(C#Cc2cnc(C#CC3CCC(CCCC)CC3)nc2)CC1. The molecular weight excluding hydrogens is 364 g/mol. The average molecular weight is 405 g/mol. The molecule has 2 aliphatic carbocycles. The maximum absolute atomic E-state index is 4.44. The summed E-state index contributed by atoms with van der Waals surface area (Å²) in [6, 6.07) is 0. The first-order valence-corrected chi connectivity index (χ1v) is 12.6. The van der Waals surface area contributed by atoms with Gasteiger partial charge < -0.3 is 0 Å². The van der Waals surface area contributed by atoms with Crippen molar-refractivity contribution in [3.8, 4) is 23.7 Å². The Balaban J connectivity index is 1.42. The lowest BCUT2D eigenvalue weighted by molar-refractivity contribution is 0.296. The second kappa shape index (κ2) is 12.8. The van der Waals surface area contributed by atoms with Crippen molar-refractivity contribution in [3.63, 3.8) is 0 Å². The van der Waals surface area contributed by atoms with Crippen LogP contribution in [0.25, 0.3) is 0 Å². The summed E-state index contributed by atoms with van der Waals surface area (Å²) >= 11 is 0. The summed E-state index contributed by atoms with van der Waals surface area (Å²) in [5.41, 5.74) is 0.921. The Morgan fingerprint density at radius 2 is 1.17 bits per heavy atom. The quantitative estimate of drug-likeness (QED) is 0.470. The minimum Gasteiger partial charge on any atom is -0.228 e. The highest BCUT2D eigenvalue weighted by Crippen LogP contribution is 2.32. The molecule has 0 spiro atoms. The number of rotatable bonds is 6. The Hall–Kier alpha value is -1.80. The lowest BCUT2D eigenvalue weighted by Gasteiger charge is -2.25. The highest BCUT2D eigenvalue weighted by atomic mass is 14.8. The van der Waals surface area contributed by atoms with Gasteiger partial charge in [-0.1, -0.05) is 70.1 Å². The van der Waals surface area contributed by atoms with E-state index in [2.05, 4.69) is 47.5 Å². The standard InChI is InChI=1S/C28H40N2/c1-3-5-7-23-9-13-25(14-10-23)17-18-27-21-29-28(30-22-27)20-19-26-15-11-24(12-16-26)8-6-4-2/h21-26H,3-16H2,1-2H3. The predicted octanol–water partition coefficient (Wildman–Crippen LogP) is 7.17. The first kappa shape index (κ1) is 22.9. The fourth-order valence-corrected chi connectivity index (χ4v) is 4.99. The van der Waals surface area contributed by atoms with Gasteiger partial charge in [-0.3, -0.25) is 0 Å². The number of hydrogen-bond donors (Lipinski definition) is 0. The van der Waals surface area contributed by atoms with Crippen LogP contribution in [-0.2, 0) is 0 Å². The normalized spacial score (nSPS) is 26.2. The zero-order chi connectivity index (χ0) is 21.0. The first-order valence-electron chi connectivity index (χ1n) is 12.6. The number of nitrogens with zero attached hydrogens (tertiary/aromatic N) is 2. The number of aromatic nitrogens is 2. The van der Waals surface area contributed by atoms with Crippen LogP contribution in [0.4, 0.5) is 0 Å². The zero-order valence-corrected chi connectivity index (χ0v) is 19.3. The Labute approximate surface area is 185 Å². The molecule has 2 heteroatoms. The van der Waals surface area contributed by atoms with Gasteiger partial charge in [-0.25, -0.2) is 9.97 Å². The van der Waals surface area contributed by atoms with Crippen molar-refractivity contribution in [3.05, 3.63) is 23.8 Å². The topological polar surface area (TPSA) is 25.8 Å². The van der Waals surface area contributed by atoms with Gasteiger partial charge in [0.2, 0.25) is 5.82 Å². The van der Waals surface area contributed by atoms with Gasteiger partial charge in [-0.2, -0.15) is 0 Å². The molecule has 0 aromatic carbocycles. The molecule has 0 atom stereocenters. The molecule has 0 N–H and O–H groups in total. The highest BCUT2D eigenvalue weighted by molar-refractivity contribution is 5.32. The van der Waals surface area contributed by atoms with Crippen molar-refractivity contribution in [1.29, 1.82) is 0 Å². The van der Waals surface area contributed by atoms with E-state index in [0.29, 0.717) is 17.7 Å². The summed E-state index contributed by atoms with van der Waals surface area (Å²) in [4.78, 5) is 8.88. The van der Waals surface area contributed by atoms with E-state index < -0.39 is 0 Å². The largest absolute Gasteiger partial charge is 0.228 e. The van der Waals surface area contributed by atoms with Gasteiger partial charge in [0.1, 0.15) is 0 Å². The highest BCUT2D eigenvalue weighted by Gasteiger charge is 2.20. The minimum absolute atomic E-state index is 0.526. The molecule has 0 aliphatic heterocycles. The Morgan fingerprint density at radius 3 is 1.63 bits per heavy atom. The van der Waals surface area contributed by atoms with Gasteiger partial charge in [-0.15, -0.1) is 0 Å². The van der Waals surface area contributed by atoms with Gasteiger partial charge in [0.15, 0.2) is 0 Å². The summed E-state index contributed by atoms with van der Waals surface area (Å²) in [7, 11) is 0. The van der Waals surface area contributed by atoms with Gasteiger partial charge >= 0.3 is 0 Å². The molecule has 2 aliphatic rings. The summed E-state index contributed by atoms with van der Waals surface area (Å²) in [5, 5.41) is 0. The number of hydrogen-bond acceptors (Lipinski definition) is 2. The summed E-state index contributed by atoms with van der Waals surface area (Å²) in [6.45, 7) is 4.57. The van der Waals surface area contributed by atoms with Crippen LogP contribution in [0.3, 0.4) is 0 Å². The molecule has 30 heavy (non-hydrogen) atoms. The van der Waals surface area contributed by atoms with Crippen molar-refractivity contribution in [2.75, 3.05) is 0 Å². The Bertz CT molecular complexity index is 662. The number of unbranched alkanes of at least 4 members (excludes halogenated alkanes) is 2. The lowest BCUT2D eigenvalue weighted by atomic mass is 9.80. The molecule has 1 aromatic rings. The fraction of sp³-hybridized carbons (Fsp3) is 0.714. The van der Waals surface area contributed by atoms with Crippen LogP contribution in [0, 0.1) is 47.4 Å². The van der Waals surface area contributed by atoms with Crippen LogP contribution >= 0.6 is 0 Å². The molecule has 0 saturated heterocycles. The van der Waals surface area contributed by atoms with Crippen molar-refractivity contribution in [2.24, 2.45) is 23.7 Å². The third-order valence-corrected chi connectivity index (χ3v) is 7.09. The van der Waals surface area contributed by atoms with Crippen molar-refractivity contribution in [1.82, 2.24) is 9.97 Å². The van der Waals surface area contributed by atoms with Crippen molar-refractivity contribution in [2.45, 2.75) is 104 Å². The van der Waals surface area contributed by atoms with Crippen LogP contribution in [0.15, 0.2) is 12.4 Å². The molecule has 1 aromatic heterocycles. The molecule has 0 radical (unpaired) electrons. The van der Waals surface area contributed by atoms with E-state index in [9.17, 15) is 0 Å². The van der Waals surface area contributed by atoms with Crippen LogP contribution in [-0.4, -0.2) is 9.97 Å². The lowest BCUT2D eigenvalue weighted by Crippen LogP contribution is -2.13. The summed E-state index contributed by atoms with van der Waals surface area (Å²) in [6.07, 6.45) is 22.3. The molecule has 3 rings (SSSR count). The summed E-state index contributed by atoms with van der Waals surface area (Å²) < 4.78 is 0. The minimum atomic E-state index is 0.526. The molecule has 162 valence electrons. The second-order valence-corrected chi connectivity index (χ2v) is 9.55. The van der Waals surface area contributed by atoms with Crippen LogP contribution < -0.4 is 0 Å². The van der Waals surface area contributed by atoms with E-state index in [1.165, 1.54) is 89.9 Å². The van der Waals surface area contributed by atoms with E-state index in [-0.39, 0.29) is 0 Å². The van der Waals surface area contributed by atoms with Crippen molar-refractivity contribution < 1.29 is 0 Å².